The molecule has 0 fully saturated rings. The summed E-state index contributed by atoms with van der Waals surface area (Å²) in [5, 5.41) is 0. The summed E-state index contributed by atoms with van der Waals surface area (Å²) in [7, 11) is -2.45. The number of rotatable bonds is 4. The second-order valence-electron chi connectivity index (χ2n) is 4.24. The van der Waals surface area contributed by atoms with E-state index >= 15 is 0 Å². The molecule has 2 heterocycles. The van der Waals surface area contributed by atoms with Crippen LogP contribution in [-0.4, -0.2) is 30.5 Å². The van der Waals surface area contributed by atoms with Crippen LogP contribution in [0.3, 0.4) is 0 Å². The van der Waals surface area contributed by atoms with Gasteiger partial charge >= 0.3 is 11.8 Å². The fourth-order valence-corrected chi connectivity index (χ4v) is 2.84. The van der Waals surface area contributed by atoms with E-state index in [2.05, 4.69) is 19.7 Å². The van der Waals surface area contributed by atoms with Crippen molar-refractivity contribution < 1.29 is 17.6 Å². The third-order valence-corrected chi connectivity index (χ3v) is 4.14. The van der Waals surface area contributed by atoms with Crippen LogP contribution in [0.1, 0.15) is 0 Å². The lowest BCUT2D eigenvalue weighted by Crippen LogP contribution is -2.13. The first-order chi connectivity index (χ1) is 10.5. The number of hydrogen-bond donors (Lipinski definition) is 2. The second-order valence-corrected chi connectivity index (χ2v) is 5.92. The van der Waals surface area contributed by atoms with Crippen molar-refractivity contribution in [2.45, 2.75) is 4.90 Å². The van der Waals surface area contributed by atoms with Gasteiger partial charge in [0.1, 0.15) is 0 Å². The second kappa shape index (κ2) is 5.15. The number of nitrogens with zero attached hydrogens (tertiary/aromatic N) is 2. The topological polar surface area (TPSA) is 127 Å². The number of hydrogen-bond acceptors (Lipinski definition) is 7. The number of sulfonamides is 1. The van der Waals surface area contributed by atoms with Crippen molar-refractivity contribution in [3.63, 3.8) is 0 Å². The molecule has 0 amide bonds. The molecule has 0 spiro atoms. The molecule has 0 aliphatic heterocycles. The summed E-state index contributed by atoms with van der Waals surface area (Å²) in [5.74, 6) is -0.652. The first-order valence-corrected chi connectivity index (χ1v) is 7.48. The maximum Gasteiger partial charge on any atom is 0.417 e. The summed E-state index contributed by atoms with van der Waals surface area (Å²) in [5.41, 5.74) is 0.747. The van der Waals surface area contributed by atoms with Crippen molar-refractivity contribution in [1.82, 2.24) is 15.0 Å². The Morgan fingerprint density at radius 1 is 1.27 bits per heavy atom. The summed E-state index contributed by atoms with van der Waals surface area (Å²) < 4.78 is 36.5. The molecule has 0 unspecified atom stereocenters. The van der Waals surface area contributed by atoms with E-state index in [1.165, 1.54) is 37.7 Å². The minimum Gasteiger partial charge on any atom is -0.467 e. The van der Waals surface area contributed by atoms with Crippen LogP contribution in [0.4, 0.5) is 5.69 Å². The zero-order valence-electron chi connectivity index (χ0n) is 11.2. The van der Waals surface area contributed by atoms with Crippen LogP contribution >= 0.6 is 0 Å². The summed E-state index contributed by atoms with van der Waals surface area (Å²) in [6.45, 7) is 0. The third kappa shape index (κ3) is 2.63. The van der Waals surface area contributed by atoms with Gasteiger partial charge in [0.15, 0.2) is 5.58 Å². The summed E-state index contributed by atoms with van der Waals surface area (Å²) >= 11 is 0. The fourth-order valence-electron chi connectivity index (χ4n) is 1.79. The molecule has 0 saturated carbocycles. The van der Waals surface area contributed by atoms with Gasteiger partial charge in [0.05, 0.1) is 35.6 Å². The van der Waals surface area contributed by atoms with E-state index in [9.17, 15) is 13.2 Å². The van der Waals surface area contributed by atoms with E-state index in [-0.39, 0.29) is 22.2 Å². The van der Waals surface area contributed by atoms with E-state index in [1.54, 1.807) is 0 Å². The highest BCUT2D eigenvalue weighted by Gasteiger charge is 2.16. The smallest absolute Gasteiger partial charge is 0.417 e. The van der Waals surface area contributed by atoms with Gasteiger partial charge in [0.2, 0.25) is 0 Å². The summed E-state index contributed by atoms with van der Waals surface area (Å²) in [6, 6.07) is 4.14. The fraction of sp³-hybridized carbons (Fsp3) is 0.0833. The van der Waals surface area contributed by atoms with Gasteiger partial charge in [-0.1, -0.05) is 0 Å². The zero-order chi connectivity index (χ0) is 15.7. The number of aromatic nitrogens is 3. The van der Waals surface area contributed by atoms with Gasteiger partial charge in [-0.05, 0) is 18.2 Å². The highest BCUT2D eigenvalue weighted by atomic mass is 32.2. The van der Waals surface area contributed by atoms with Crippen LogP contribution in [0.2, 0.25) is 0 Å². The van der Waals surface area contributed by atoms with Gasteiger partial charge in [-0.3, -0.25) is 9.71 Å². The molecule has 2 aromatic heterocycles. The first kappa shape index (κ1) is 14.1. The van der Waals surface area contributed by atoms with Crippen molar-refractivity contribution in [3.8, 4) is 6.01 Å². The maximum atomic E-state index is 12.3. The molecule has 10 heteroatoms. The van der Waals surface area contributed by atoms with Crippen LogP contribution in [-0.2, 0) is 10.0 Å². The van der Waals surface area contributed by atoms with Crippen LogP contribution in [0.5, 0.6) is 6.01 Å². The molecule has 0 aliphatic carbocycles. The molecule has 22 heavy (non-hydrogen) atoms. The zero-order valence-corrected chi connectivity index (χ0v) is 12.0. The highest BCUT2D eigenvalue weighted by molar-refractivity contribution is 7.92. The van der Waals surface area contributed by atoms with Gasteiger partial charge in [-0.15, -0.1) is 0 Å². The minimum absolute atomic E-state index is 0.0344. The highest BCUT2D eigenvalue weighted by Crippen LogP contribution is 2.19. The number of nitrogens with one attached hydrogen (secondary N) is 2. The average Bonchev–Trinajstić information content (AvgIpc) is 2.86. The van der Waals surface area contributed by atoms with Gasteiger partial charge in [0.25, 0.3) is 10.0 Å². The van der Waals surface area contributed by atoms with Crippen molar-refractivity contribution in [2.24, 2.45) is 0 Å². The minimum atomic E-state index is -3.85. The molecule has 0 bridgehead atoms. The predicted molar refractivity (Wildman–Crippen MR) is 76.2 cm³/mol. The number of anilines is 1. The Balaban J connectivity index is 1.94. The molecule has 3 rings (SSSR count). The Bertz CT molecular complexity index is 975. The molecule has 0 aliphatic rings. The van der Waals surface area contributed by atoms with Crippen molar-refractivity contribution in [2.75, 3.05) is 11.8 Å². The van der Waals surface area contributed by atoms with Crippen LogP contribution < -0.4 is 15.2 Å². The van der Waals surface area contributed by atoms with Gasteiger partial charge in [-0.2, -0.15) is 0 Å². The Morgan fingerprint density at radius 3 is 2.68 bits per heavy atom. The predicted octanol–water partition coefficient (Wildman–Crippen LogP) is 0.721. The molecule has 2 N–H and O–H groups in total. The molecule has 114 valence electrons. The third-order valence-electron chi connectivity index (χ3n) is 2.76. The molecule has 3 aromatic rings. The SMILES string of the molecule is COc1ncc(NS(=O)(=O)c2ccc3oc(=O)[nH]c3c2)cn1. The Kier molecular flexibility index (Phi) is 3.29. The lowest BCUT2D eigenvalue weighted by Gasteiger charge is -2.07. The number of oxazole rings is 1. The molecule has 0 saturated heterocycles. The normalized spacial score (nSPS) is 11.5. The number of methoxy groups -OCH3 is 1. The van der Waals surface area contributed by atoms with Crippen LogP contribution in [0.15, 0.2) is 44.7 Å². The van der Waals surface area contributed by atoms with Gasteiger partial charge in [0, 0.05) is 0 Å². The molecular formula is C12H10N4O5S. The number of aromatic amines is 1. The van der Waals surface area contributed by atoms with Crippen LogP contribution in [0.25, 0.3) is 11.1 Å². The molecule has 0 atom stereocenters. The summed E-state index contributed by atoms with van der Waals surface area (Å²) in [6.07, 6.45) is 2.56. The number of ether oxygens (including phenoxy) is 1. The Labute approximate surface area is 124 Å². The number of fused-ring (bicyclic) bond motifs is 1. The lowest BCUT2D eigenvalue weighted by molar-refractivity contribution is 0.380. The first-order valence-electron chi connectivity index (χ1n) is 6.00. The molecule has 9 nitrogen and oxygen atoms in total. The molecule has 0 radical (unpaired) electrons. The lowest BCUT2D eigenvalue weighted by atomic mass is 10.3. The molecule has 1 aromatic carbocycles. The number of H-pyrrole nitrogens is 1. The standard InChI is InChI=1S/C12H10N4O5S/c1-20-11-13-5-7(6-14-11)16-22(18,19)8-2-3-10-9(4-8)15-12(17)21-10/h2-6,16H,1H3,(H,15,17). The van der Waals surface area contributed by atoms with Crippen LogP contribution in [0, 0.1) is 0 Å². The van der Waals surface area contributed by atoms with E-state index in [0.29, 0.717) is 5.52 Å². The summed E-state index contributed by atoms with van der Waals surface area (Å²) in [4.78, 5) is 21.1. The maximum absolute atomic E-state index is 12.3. The number of benzene rings is 1. The quantitative estimate of drug-likeness (QED) is 0.724. The van der Waals surface area contributed by atoms with E-state index in [4.69, 9.17) is 9.15 Å². The van der Waals surface area contributed by atoms with Gasteiger partial charge < -0.3 is 9.15 Å². The van der Waals surface area contributed by atoms with Crippen molar-refractivity contribution in [3.05, 3.63) is 41.1 Å². The largest absolute Gasteiger partial charge is 0.467 e. The van der Waals surface area contributed by atoms with E-state index in [0.717, 1.165) is 0 Å². The van der Waals surface area contributed by atoms with E-state index in [1.807, 2.05) is 0 Å². The molecular weight excluding hydrogens is 312 g/mol. The average molecular weight is 322 g/mol. The van der Waals surface area contributed by atoms with E-state index < -0.39 is 15.8 Å². The monoisotopic (exact) mass is 322 g/mol. The Hall–Kier alpha value is -2.88. The van der Waals surface area contributed by atoms with Crippen molar-refractivity contribution >= 4 is 26.8 Å². The van der Waals surface area contributed by atoms with Crippen molar-refractivity contribution in [1.29, 1.82) is 0 Å². The van der Waals surface area contributed by atoms with Gasteiger partial charge in [-0.25, -0.2) is 23.2 Å². The Morgan fingerprint density at radius 2 is 2.00 bits per heavy atom.